The zero-order chi connectivity index (χ0) is 17.1. The first-order valence-corrected chi connectivity index (χ1v) is 8.76. The maximum absolute atomic E-state index is 12.7. The van der Waals surface area contributed by atoms with Crippen molar-refractivity contribution in [1.82, 2.24) is 19.8 Å². The number of carbonyl (C=O) groups excluding carboxylic acids is 1. The van der Waals surface area contributed by atoms with Gasteiger partial charge in [0.05, 0.1) is 18.8 Å². The molecule has 2 aromatic heterocycles. The highest BCUT2D eigenvalue weighted by Crippen LogP contribution is 2.25. The molecule has 6 nitrogen and oxygen atoms in total. The highest BCUT2D eigenvalue weighted by atomic mass is 16.5. The number of nitrogens with zero attached hydrogens (tertiary/aromatic N) is 4. The largest absolute Gasteiger partial charge is 0.375 e. The maximum atomic E-state index is 12.7. The number of pyridine rings is 2. The summed E-state index contributed by atoms with van der Waals surface area (Å²) >= 11 is 0. The van der Waals surface area contributed by atoms with Gasteiger partial charge in [-0.3, -0.25) is 19.7 Å². The highest BCUT2D eigenvalue weighted by Gasteiger charge is 2.38. The Morgan fingerprint density at radius 2 is 2.16 bits per heavy atom. The lowest BCUT2D eigenvalue weighted by Gasteiger charge is -2.47. The molecule has 0 aromatic carbocycles. The molecular formula is C19H22N4O2. The Bertz CT molecular complexity index is 710. The van der Waals surface area contributed by atoms with Gasteiger partial charge in [-0.1, -0.05) is 12.1 Å². The van der Waals surface area contributed by atoms with Gasteiger partial charge in [-0.05, 0) is 30.2 Å². The lowest BCUT2D eigenvalue weighted by atomic mass is 9.97. The summed E-state index contributed by atoms with van der Waals surface area (Å²) in [7, 11) is 0. The van der Waals surface area contributed by atoms with Gasteiger partial charge in [-0.15, -0.1) is 0 Å². The summed E-state index contributed by atoms with van der Waals surface area (Å²) in [4.78, 5) is 25.5. The maximum Gasteiger partial charge on any atom is 0.272 e. The number of aromatic nitrogens is 2. The fourth-order valence-electron chi connectivity index (χ4n) is 3.70. The van der Waals surface area contributed by atoms with Gasteiger partial charge in [0.15, 0.2) is 0 Å². The van der Waals surface area contributed by atoms with Gasteiger partial charge in [0.2, 0.25) is 0 Å². The van der Waals surface area contributed by atoms with Gasteiger partial charge in [-0.25, -0.2) is 0 Å². The molecule has 4 heterocycles. The summed E-state index contributed by atoms with van der Waals surface area (Å²) in [5, 5.41) is 0. The lowest BCUT2D eigenvalue weighted by Crippen LogP contribution is -2.60. The molecule has 2 atom stereocenters. The number of fused-ring (bicyclic) bond motifs is 1. The van der Waals surface area contributed by atoms with Crippen LogP contribution >= 0.6 is 0 Å². The average Bonchev–Trinajstić information content (AvgIpc) is 2.69. The van der Waals surface area contributed by atoms with E-state index in [9.17, 15) is 4.79 Å². The molecule has 130 valence electrons. The first kappa shape index (κ1) is 16.2. The van der Waals surface area contributed by atoms with Crippen LogP contribution in [-0.2, 0) is 11.3 Å². The van der Waals surface area contributed by atoms with Crippen LogP contribution in [0.4, 0.5) is 0 Å². The van der Waals surface area contributed by atoms with Crippen LogP contribution in [0.5, 0.6) is 0 Å². The number of likely N-dealkylation sites (tertiary alicyclic amines) is 1. The normalized spacial score (nSPS) is 23.9. The van der Waals surface area contributed by atoms with Crippen LogP contribution in [0.2, 0.25) is 0 Å². The van der Waals surface area contributed by atoms with Crippen molar-refractivity contribution in [2.24, 2.45) is 0 Å². The van der Waals surface area contributed by atoms with E-state index in [1.54, 1.807) is 18.5 Å². The fraction of sp³-hybridized carbons (Fsp3) is 0.421. The van der Waals surface area contributed by atoms with Crippen molar-refractivity contribution < 1.29 is 9.53 Å². The van der Waals surface area contributed by atoms with Crippen molar-refractivity contribution in [2.75, 3.05) is 26.2 Å². The van der Waals surface area contributed by atoms with Crippen molar-refractivity contribution in [3.8, 4) is 0 Å². The van der Waals surface area contributed by atoms with E-state index in [0.717, 1.165) is 32.7 Å². The molecule has 4 rings (SSSR count). The monoisotopic (exact) mass is 338 g/mol. The second-order valence-electron chi connectivity index (χ2n) is 6.56. The van der Waals surface area contributed by atoms with Crippen LogP contribution in [0, 0.1) is 0 Å². The molecule has 2 aliphatic rings. The van der Waals surface area contributed by atoms with E-state index in [1.807, 2.05) is 29.3 Å². The van der Waals surface area contributed by atoms with Crippen LogP contribution in [0.25, 0.3) is 0 Å². The Morgan fingerprint density at radius 1 is 1.20 bits per heavy atom. The van der Waals surface area contributed by atoms with E-state index in [1.165, 1.54) is 5.56 Å². The van der Waals surface area contributed by atoms with Gasteiger partial charge in [0.1, 0.15) is 5.69 Å². The third-order valence-electron chi connectivity index (χ3n) is 4.98. The van der Waals surface area contributed by atoms with E-state index < -0.39 is 0 Å². The molecule has 1 amide bonds. The van der Waals surface area contributed by atoms with Crippen LogP contribution < -0.4 is 0 Å². The lowest BCUT2D eigenvalue weighted by molar-refractivity contribution is -0.101. The molecular weight excluding hydrogens is 316 g/mol. The molecule has 0 bridgehead atoms. The molecule has 0 unspecified atom stereocenters. The molecule has 2 aliphatic heterocycles. The van der Waals surface area contributed by atoms with E-state index in [2.05, 4.69) is 20.9 Å². The van der Waals surface area contributed by atoms with Gasteiger partial charge in [-0.2, -0.15) is 0 Å². The Morgan fingerprint density at radius 3 is 2.96 bits per heavy atom. The van der Waals surface area contributed by atoms with Gasteiger partial charge in [0.25, 0.3) is 5.91 Å². The Hall–Kier alpha value is -2.31. The number of morpholine rings is 1. The summed E-state index contributed by atoms with van der Waals surface area (Å²) in [5.41, 5.74) is 1.70. The van der Waals surface area contributed by atoms with Gasteiger partial charge >= 0.3 is 0 Å². The van der Waals surface area contributed by atoms with Crippen LogP contribution in [-0.4, -0.2) is 64.1 Å². The summed E-state index contributed by atoms with van der Waals surface area (Å²) in [6.07, 6.45) is 6.42. The second-order valence-corrected chi connectivity index (χ2v) is 6.56. The predicted molar refractivity (Wildman–Crippen MR) is 92.9 cm³/mol. The minimum absolute atomic E-state index is 0.00551. The minimum atomic E-state index is 0.00551. The fourth-order valence-corrected chi connectivity index (χ4v) is 3.70. The third kappa shape index (κ3) is 3.55. The zero-order valence-corrected chi connectivity index (χ0v) is 14.1. The number of hydrogen-bond acceptors (Lipinski definition) is 5. The van der Waals surface area contributed by atoms with Gasteiger partial charge in [0, 0.05) is 44.8 Å². The van der Waals surface area contributed by atoms with E-state index in [4.69, 9.17) is 4.74 Å². The van der Waals surface area contributed by atoms with Crippen LogP contribution in [0.3, 0.4) is 0 Å². The molecule has 2 aromatic rings. The smallest absolute Gasteiger partial charge is 0.272 e. The Kier molecular flexibility index (Phi) is 4.72. The quantitative estimate of drug-likeness (QED) is 0.851. The Labute approximate surface area is 147 Å². The number of amides is 1. The molecule has 0 N–H and O–H groups in total. The standard InChI is InChI=1S/C19H22N4O2/c24-19(16-5-1-2-8-21-16)23-9-6-18-17(14-23)22(10-11-25-18)13-15-4-3-7-20-12-15/h1-5,7-8,12,17-18H,6,9-11,13-14H2/t17-,18-/m1/s1. The minimum Gasteiger partial charge on any atom is -0.375 e. The van der Waals surface area contributed by atoms with Crippen molar-refractivity contribution in [2.45, 2.75) is 25.1 Å². The predicted octanol–water partition coefficient (Wildman–Crippen LogP) is 1.59. The Balaban J connectivity index is 1.48. The first-order valence-electron chi connectivity index (χ1n) is 8.76. The molecule has 2 fully saturated rings. The topological polar surface area (TPSA) is 58.6 Å². The molecule has 25 heavy (non-hydrogen) atoms. The van der Waals surface area contributed by atoms with E-state index in [-0.39, 0.29) is 18.1 Å². The first-order chi connectivity index (χ1) is 12.3. The molecule has 0 radical (unpaired) electrons. The van der Waals surface area contributed by atoms with Crippen LogP contribution in [0.15, 0.2) is 48.9 Å². The van der Waals surface area contributed by atoms with Crippen molar-refractivity contribution in [1.29, 1.82) is 0 Å². The van der Waals surface area contributed by atoms with E-state index in [0.29, 0.717) is 12.2 Å². The molecule has 0 spiro atoms. The number of piperidine rings is 1. The van der Waals surface area contributed by atoms with E-state index >= 15 is 0 Å². The van der Waals surface area contributed by atoms with Crippen LogP contribution in [0.1, 0.15) is 22.5 Å². The highest BCUT2D eigenvalue weighted by molar-refractivity contribution is 5.92. The second kappa shape index (κ2) is 7.29. The van der Waals surface area contributed by atoms with Crippen molar-refractivity contribution in [3.63, 3.8) is 0 Å². The number of ether oxygens (including phenoxy) is 1. The molecule has 0 aliphatic carbocycles. The molecule has 0 saturated carbocycles. The summed E-state index contributed by atoms with van der Waals surface area (Å²) in [5.74, 6) is 0.00551. The summed E-state index contributed by atoms with van der Waals surface area (Å²) < 4.78 is 5.97. The zero-order valence-electron chi connectivity index (χ0n) is 14.1. The number of carbonyl (C=O) groups is 1. The van der Waals surface area contributed by atoms with Gasteiger partial charge < -0.3 is 9.64 Å². The average molecular weight is 338 g/mol. The number of hydrogen-bond donors (Lipinski definition) is 0. The number of rotatable bonds is 3. The summed E-state index contributed by atoms with van der Waals surface area (Å²) in [6, 6.07) is 9.73. The molecule has 6 heteroatoms. The third-order valence-corrected chi connectivity index (χ3v) is 4.98. The summed E-state index contributed by atoms with van der Waals surface area (Å²) in [6.45, 7) is 3.86. The molecule has 2 saturated heterocycles. The van der Waals surface area contributed by atoms with Crippen molar-refractivity contribution in [3.05, 3.63) is 60.2 Å². The SMILES string of the molecule is O=C(c1ccccn1)N1CC[C@H]2OCCN(Cc3cccnc3)[C@@H]2C1. The van der Waals surface area contributed by atoms with Crippen molar-refractivity contribution >= 4 is 5.91 Å².